The predicted molar refractivity (Wildman–Crippen MR) is 164 cm³/mol. The number of hydrogen-bond donors (Lipinski definition) is 1. The molecule has 0 aliphatic heterocycles. The average molecular weight is 586 g/mol. The van der Waals surface area contributed by atoms with Gasteiger partial charge in [-0.15, -0.1) is 0 Å². The molecule has 0 fully saturated rings. The Morgan fingerprint density at radius 3 is 1.88 bits per heavy atom. The summed E-state index contributed by atoms with van der Waals surface area (Å²) < 4.78 is 34.2. The van der Waals surface area contributed by atoms with Crippen LogP contribution >= 0.6 is 0 Å². The van der Waals surface area contributed by atoms with Gasteiger partial charge in [0.25, 0.3) is 10.0 Å². The number of carbonyl (C=O) groups excluding carboxylic acids is 2. The molecular formula is C33H35N3O5S. The molecule has 218 valence electrons. The molecule has 0 heterocycles. The second kappa shape index (κ2) is 14.3. The summed E-state index contributed by atoms with van der Waals surface area (Å²) in [5.41, 5.74) is 2.03. The fraction of sp³-hybridized carbons (Fsp3) is 0.212. The maximum absolute atomic E-state index is 14.3. The van der Waals surface area contributed by atoms with Gasteiger partial charge >= 0.3 is 0 Å². The predicted octanol–water partition coefficient (Wildman–Crippen LogP) is 4.67. The maximum atomic E-state index is 14.3. The van der Waals surface area contributed by atoms with Crippen molar-refractivity contribution >= 4 is 27.5 Å². The van der Waals surface area contributed by atoms with Crippen LogP contribution < -0.4 is 14.4 Å². The summed E-state index contributed by atoms with van der Waals surface area (Å²) >= 11 is 0. The monoisotopic (exact) mass is 585 g/mol. The van der Waals surface area contributed by atoms with E-state index in [9.17, 15) is 18.0 Å². The molecule has 0 aromatic heterocycles. The Morgan fingerprint density at radius 1 is 0.786 bits per heavy atom. The average Bonchev–Trinajstić information content (AvgIpc) is 3.03. The van der Waals surface area contributed by atoms with Crippen LogP contribution in [0.15, 0.2) is 120 Å². The van der Waals surface area contributed by atoms with Crippen molar-refractivity contribution in [2.45, 2.75) is 30.8 Å². The van der Waals surface area contributed by atoms with Crippen LogP contribution in [0.25, 0.3) is 0 Å². The lowest BCUT2D eigenvalue weighted by Crippen LogP contribution is -2.53. The molecule has 0 spiro atoms. The van der Waals surface area contributed by atoms with Gasteiger partial charge in [0.1, 0.15) is 18.3 Å². The van der Waals surface area contributed by atoms with Gasteiger partial charge in [0.15, 0.2) is 0 Å². The highest BCUT2D eigenvalue weighted by molar-refractivity contribution is 7.92. The summed E-state index contributed by atoms with van der Waals surface area (Å²) in [6.45, 7) is 1.83. The van der Waals surface area contributed by atoms with Gasteiger partial charge < -0.3 is 15.0 Å². The second-order valence-corrected chi connectivity index (χ2v) is 11.5. The highest BCUT2D eigenvalue weighted by Crippen LogP contribution is 2.26. The molecule has 4 rings (SSSR count). The van der Waals surface area contributed by atoms with Gasteiger partial charge in [0, 0.05) is 19.5 Å². The molecule has 1 atom stereocenters. The van der Waals surface area contributed by atoms with Crippen LogP contribution in [0.4, 0.5) is 5.69 Å². The summed E-state index contributed by atoms with van der Waals surface area (Å²) in [5, 5.41) is 2.86. The number of para-hydroxylation sites is 1. The molecule has 0 bridgehead atoms. The molecule has 42 heavy (non-hydrogen) atoms. The fourth-order valence-electron chi connectivity index (χ4n) is 4.62. The zero-order valence-electron chi connectivity index (χ0n) is 23.7. The minimum atomic E-state index is -4.17. The van der Waals surface area contributed by atoms with E-state index in [1.165, 1.54) is 24.1 Å². The van der Waals surface area contributed by atoms with Crippen molar-refractivity contribution in [3.05, 3.63) is 126 Å². The van der Waals surface area contributed by atoms with Crippen LogP contribution in [-0.2, 0) is 32.6 Å². The number of anilines is 1. The number of methoxy groups -OCH3 is 1. The van der Waals surface area contributed by atoms with Crippen LogP contribution in [0.3, 0.4) is 0 Å². The summed E-state index contributed by atoms with van der Waals surface area (Å²) in [4.78, 5) is 29.2. The van der Waals surface area contributed by atoms with Gasteiger partial charge in [-0.1, -0.05) is 78.9 Å². The van der Waals surface area contributed by atoms with E-state index in [0.717, 1.165) is 15.4 Å². The van der Waals surface area contributed by atoms with E-state index in [0.29, 0.717) is 18.0 Å². The summed E-state index contributed by atoms with van der Waals surface area (Å²) in [7, 11) is -2.67. The Balaban J connectivity index is 1.76. The molecule has 1 N–H and O–H groups in total. The van der Waals surface area contributed by atoms with E-state index < -0.39 is 28.5 Å². The Hall–Kier alpha value is -4.63. The number of ether oxygens (including phenoxy) is 1. The Bertz CT molecular complexity index is 1550. The molecule has 2 amide bonds. The van der Waals surface area contributed by atoms with E-state index in [1.807, 2.05) is 67.6 Å². The summed E-state index contributed by atoms with van der Waals surface area (Å²) in [5.74, 6) is -0.308. The van der Waals surface area contributed by atoms with E-state index in [4.69, 9.17) is 4.74 Å². The molecule has 9 heteroatoms. The Morgan fingerprint density at radius 2 is 1.33 bits per heavy atom. The number of hydrogen-bond acceptors (Lipinski definition) is 5. The number of benzene rings is 4. The number of sulfonamides is 1. The highest BCUT2D eigenvalue weighted by atomic mass is 32.2. The number of rotatable bonds is 13. The first-order valence-corrected chi connectivity index (χ1v) is 15.1. The van der Waals surface area contributed by atoms with Crippen molar-refractivity contribution in [3.63, 3.8) is 0 Å². The maximum Gasteiger partial charge on any atom is 0.264 e. The molecule has 0 saturated carbocycles. The van der Waals surface area contributed by atoms with E-state index in [-0.39, 0.29) is 23.8 Å². The molecule has 4 aromatic carbocycles. The van der Waals surface area contributed by atoms with Crippen LogP contribution in [0.1, 0.15) is 18.1 Å². The van der Waals surface area contributed by atoms with Crippen molar-refractivity contribution < 1.29 is 22.7 Å². The smallest absolute Gasteiger partial charge is 0.264 e. The van der Waals surface area contributed by atoms with Gasteiger partial charge in [0.2, 0.25) is 11.8 Å². The van der Waals surface area contributed by atoms with Gasteiger partial charge in [0.05, 0.1) is 17.7 Å². The lowest BCUT2D eigenvalue weighted by Gasteiger charge is -2.33. The highest BCUT2D eigenvalue weighted by Gasteiger charge is 2.34. The van der Waals surface area contributed by atoms with Gasteiger partial charge in [-0.25, -0.2) is 8.42 Å². The SMILES string of the molecule is CCNC(=O)C(Cc1ccccc1)N(Cc1ccccc1)C(=O)CN(c1ccccc1)S(=O)(=O)c1ccc(OC)cc1. The van der Waals surface area contributed by atoms with Crippen LogP contribution in [-0.4, -0.2) is 51.4 Å². The number of nitrogens with zero attached hydrogens (tertiary/aromatic N) is 2. The van der Waals surface area contributed by atoms with E-state index >= 15 is 0 Å². The van der Waals surface area contributed by atoms with E-state index in [2.05, 4.69) is 5.32 Å². The quantitative estimate of drug-likeness (QED) is 0.246. The Labute approximate surface area is 247 Å². The van der Waals surface area contributed by atoms with Crippen molar-refractivity contribution in [2.75, 3.05) is 24.5 Å². The number of nitrogens with one attached hydrogen (secondary N) is 1. The van der Waals surface area contributed by atoms with Crippen LogP contribution in [0.2, 0.25) is 0 Å². The third-order valence-corrected chi connectivity index (χ3v) is 8.58. The standard InChI is InChI=1S/C33H35N3O5S/c1-3-34-33(38)31(23-26-13-7-4-8-14-26)35(24-27-15-9-5-10-16-27)32(37)25-36(28-17-11-6-12-18-28)42(39,40)30-21-19-29(41-2)20-22-30/h4-22,31H,3,23-25H2,1-2H3,(H,34,38). The van der Waals surface area contributed by atoms with Crippen molar-refractivity contribution in [1.29, 1.82) is 0 Å². The van der Waals surface area contributed by atoms with Crippen molar-refractivity contribution in [3.8, 4) is 5.75 Å². The molecule has 0 aliphatic rings. The summed E-state index contributed by atoms with van der Waals surface area (Å²) in [6.07, 6.45) is 0.266. The topological polar surface area (TPSA) is 96.0 Å². The van der Waals surface area contributed by atoms with Gasteiger partial charge in [-0.3, -0.25) is 13.9 Å². The van der Waals surface area contributed by atoms with Gasteiger partial charge in [-0.2, -0.15) is 0 Å². The number of likely N-dealkylation sites (N-methyl/N-ethyl adjacent to an activating group) is 1. The lowest BCUT2D eigenvalue weighted by molar-refractivity contribution is -0.140. The third kappa shape index (κ3) is 7.55. The second-order valence-electron chi connectivity index (χ2n) is 9.63. The number of amides is 2. The van der Waals surface area contributed by atoms with Crippen molar-refractivity contribution in [2.24, 2.45) is 0 Å². The lowest BCUT2D eigenvalue weighted by atomic mass is 10.0. The first-order valence-electron chi connectivity index (χ1n) is 13.7. The van der Waals surface area contributed by atoms with Crippen molar-refractivity contribution in [1.82, 2.24) is 10.2 Å². The molecule has 8 nitrogen and oxygen atoms in total. The minimum Gasteiger partial charge on any atom is -0.497 e. The first kappa shape index (κ1) is 30.3. The zero-order valence-corrected chi connectivity index (χ0v) is 24.5. The largest absolute Gasteiger partial charge is 0.497 e. The molecule has 1 unspecified atom stereocenters. The normalized spacial score (nSPS) is 11.8. The van der Waals surface area contributed by atoms with Crippen LogP contribution in [0.5, 0.6) is 5.75 Å². The Kier molecular flexibility index (Phi) is 10.3. The molecule has 0 saturated heterocycles. The fourth-order valence-corrected chi connectivity index (χ4v) is 6.04. The summed E-state index contributed by atoms with van der Waals surface area (Å²) in [6, 6.07) is 32.4. The molecule has 4 aromatic rings. The number of carbonyl (C=O) groups is 2. The van der Waals surface area contributed by atoms with Gasteiger partial charge in [-0.05, 0) is 54.4 Å². The minimum absolute atomic E-state index is 0.0131. The first-order chi connectivity index (χ1) is 20.3. The van der Waals surface area contributed by atoms with Crippen LogP contribution in [0, 0.1) is 0 Å². The zero-order chi connectivity index (χ0) is 30.0. The molecular weight excluding hydrogens is 550 g/mol. The molecule has 0 aliphatic carbocycles. The molecule has 0 radical (unpaired) electrons. The van der Waals surface area contributed by atoms with E-state index in [1.54, 1.807) is 42.5 Å². The third-order valence-electron chi connectivity index (χ3n) is 6.79.